The number of hydrogen-bond donors (Lipinski definition) is 1. The summed E-state index contributed by atoms with van der Waals surface area (Å²) < 4.78 is 1.40. The van der Waals surface area contributed by atoms with Gasteiger partial charge in [0.15, 0.2) is 4.96 Å². The van der Waals surface area contributed by atoms with Gasteiger partial charge in [0.05, 0.1) is 0 Å². The zero-order valence-corrected chi connectivity index (χ0v) is 12.0. The number of nitrogens with zero attached hydrogens (tertiary/aromatic N) is 3. The maximum Gasteiger partial charge on any atom is 0.271 e. The zero-order chi connectivity index (χ0) is 14.1. The zero-order valence-electron chi connectivity index (χ0n) is 11.2. The van der Waals surface area contributed by atoms with Crippen molar-refractivity contribution in [3.63, 3.8) is 0 Å². The molecule has 2 aromatic heterocycles. The van der Waals surface area contributed by atoms with Gasteiger partial charge in [0.1, 0.15) is 5.56 Å². The Morgan fingerprint density at radius 3 is 3.20 bits per heavy atom. The number of amides is 1. The van der Waals surface area contributed by atoms with Crippen molar-refractivity contribution in [1.82, 2.24) is 19.6 Å². The first-order chi connectivity index (χ1) is 9.66. The number of carbonyl (C=O) groups is 1. The molecule has 7 heteroatoms. The van der Waals surface area contributed by atoms with Gasteiger partial charge in [-0.2, -0.15) is 0 Å². The summed E-state index contributed by atoms with van der Waals surface area (Å²) in [5, 5.41) is 4.62. The molecule has 3 heterocycles. The number of carbonyl (C=O) groups excluding carboxylic acids is 1. The molecule has 1 saturated heterocycles. The Morgan fingerprint density at radius 2 is 2.45 bits per heavy atom. The molecule has 1 fully saturated rings. The number of fused-ring (bicyclic) bond motifs is 1. The fourth-order valence-electron chi connectivity index (χ4n) is 2.52. The van der Waals surface area contributed by atoms with Crippen molar-refractivity contribution in [2.45, 2.75) is 18.9 Å². The highest BCUT2D eigenvalue weighted by Gasteiger charge is 2.22. The van der Waals surface area contributed by atoms with Crippen LogP contribution in [0.5, 0.6) is 0 Å². The maximum atomic E-state index is 12.1. The first kappa shape index (κ1) is 13.3. The molecule has 0 saturated carbocycles. The highest BCUT2D eigenvalue weighted by molar-refractivity contribution is 7.15. The van der Waals surface area contributed by atoms with E-state index in [2.05, 4.69) is 22.2 Å². The molecule has 1 atom stereocenters. The summed E-state index contributed by atoms with van der Waals surface area (Å²) in [5.74, 6) is -0.344. The molecule has 0 radical (unpaired) electrons. The average Bonchev–Trinajstić information content (AvgIpc) is 3.05. The van der Waals surface area contributed by atoms with Crippen LogP contribution in [0.3, 0.4) is 0 Å². The highest BCUT2D eigenvalue weighted by atomic mass is 32.1. The predicted molar refractivity (Wildman–Crippen MR) is 77.3 cm³/mol. The smallest absolute Gasteiger partial charge is 0.271 e. The molecule has 106 valence electrons. The molecule has 1 N–H and O–H groups in total. The number of thiazole rings is 1. The van der Waals surface area contributed by atoms with Crippen molar-refractivity contribution in [2.24, 2.45) is 0 Å². The number of likely N-dealkylation sites (N-methyl/N-ethyl adjacent to an activating group) is 1. The van der Waals surface area contributed by atoms with Crippen molar-refractivity contribution in [1.29, 1.82) is 0 Å². The third kappa shape index (κ3) is 2.34. The van der Waals surface area contributed by atoms with Gasteiger partial charge in [0.25, 0.3) is 11.5 Å². The molecular formula is C13H16N4O2S. The fourth-order valence-corrected chi connectivity index (χ4v) is 3.20. The van der Waals surface area contributed by atoms with E-state index in [0.29, 0.717) is 17.5 Å². The summed E-state index contributed by atoms with van der Waals surface area (Å²) in [7, 11) is 2.05. The first-order valence-corrected chi connectivity index (χ1v) is 7.48. The molecule has 0 bridgehead atoms. The minimum atomic E-state index is -0.344. The first-order valence-electron chi connectivity index (χ1n) is 6.60. The van der Waals surface area contributed by atoms with Crippen molar-refractivity contribution in [3.8, 4) is 0 Å². The average molecular weight is 292 g/mol. The van der Waals surface area contributed by atoms with Crippen molar-refractivity contribution < 1.29 is 4.79 Å². The van der Waals surface area contributed by atoms with Crippen LogP contribution in [0.1, 0.15) is 23.2 Å². The topological polar surface area (TPSA) is 66.7 Å². The molecule has 6 nitrogen and oxygen atoms in total. The van der Waals surface area contributed by atoms with E-state index in [1.165, 1.54) is 21.9 Å². The molecule has 0 aliphatic carbocycles. The molecule has 2 aromatic rings. The number of hydrogen-bond acceptors (Lipinski definition) is 5. The van der Waals surface area contributed by atoms with E-state index in [9.17, 15) is 9.59 Å². The van der Waals surface area contributed by atoms with Gasteiger partial charge in [-0.15, -0.1) is 11.3 Å². The quantitative estimate of drug-likeness (QED) is 0.898. The van der Waals surface area contributed by atoms with Crippen LogP contribution in [0.15, 0.2) is 22.6 Å². The molecule has 0 aromatic carbocycles. The summed E-state index contributed by atoms with van der Waals surface area (Å²) in [6.07, 6.45) is 5.23. The van der Waals surface area contributed by atoms with Gasteiger partial charge in [-0.1, -0.05) is 0 Å². The second-order valence-corrected chi connectivity index (χ2v) is 5.89. The molecule has 1 aliphatic rings. The molecule has 1 amide bonds. The van der Waals surface area contributed by atoms with E-state index in [-0.39, 0.29) is 17.0 Å². The summed E-state index contributed by atoms with van der Waals surface area (Å²) in [6.45, 7) is 1.63. The SMILES string of the molecule is CN1CCCC1CNC(=O)c1cnc2sccn2c1=O. The number of nitrogens with one attached hydrogen (secondary N) is 1. The monoisotopic (exact) mass is 292 g/mol. The Morgan fingerprint density at radius 1 is 1.60 bits per heavy atom. The van der Waals surface area contributed by atoms with E-state index in [4.69, 9.17) is 0 Å². The second kappa shape index (κ2) is 5.34. The fraction of sp³-hybridized carbons (Fsp3) is 0.462. The summed E-state index contributed by atoms with van der Waals surface area (Å²) in [4.78, 5) is 31.2. The van der Waals surface area contributed by atoms with Gasteiger partial charge in [0, 0.05) is 30.4 Å². The van der Waals surface area contributed by atoms with Gasteiger partial charge < -0.3 is 10.2 Å². The van der Waals surface area contributed by atoms with Crippen molar-refractivity contribution in [3.05, 3.63) is 33.7 Å². The van der Waals surface area contributed by atoms with Crippen LogP contribution in [0, 0.1) is 0 Å². The Balaban J connectivity index is 1.75. The van der Waals surface area contributed by atoms with Gasteiger partial charge >= 0.3 is 0 Å². The summed E-state index contributed by atoms with van der Waals surface area (Å²) >= 11 is 1.37. The van der Waals surface area contributed by atoms with Gasteiger partial charge in [0.2, 0.25) is 0 Å². The number of rotatable bonds is 3. The van der Waals surface area contributed by atoms with Gasteiger partial charge in [-0.05, 0) is 26.4 Å². The molecule has 0 spiro atoms. The lowest BCUT2D eigenvalue weighted by Crippen LogP contribution is -2.40. The number of likely N-dealkylation sites (tertiary alicyclic amines) is 1. The van der Waals surface area contributed by atoms with Crippen LogP contribution in [0.4, 0.5) is 0 Å². The molecule has 3 rings (SSSR count). The van der Waals surface area contributed by atoms with E-state index in [0.717, 1.165) is 19.4 Å². The Kier molecular flexibility index (Phi) is 3.54. The summed E-state index contributed by atoms with van der Waals surface area (Å²) in [6, 6.07) is 0.361. The predicted octanol–water partition coefficient (Wildman–Crippen LogP) is 0.580. The second-order valence-electron chi connectivity index (χ2n) is 5.02. The van der Waals surface area contributed by atoms with E-state index in [1.807, 2.05) is 0 Å². The Bertz CT molecular complexity index is 693. The van der Waals surface area contributed by atoms with E-state index >= 15 is 0 Å². The van der Waals surface area contributed by atoms with E-state index in [1.54, 1.807) is 11.6 Å². The van der Waals surface area contributed by atoms with E-state index < -0.39 is 0 Å². The standard InChI is InChI=1S/C13H16N4O2S/c1-16-4-2-3-9(16)7-14-11(18)10-8-15-13-17(12(10)19)5-6-20-13/h5-6,8-9H,2-4,7H2,1H3,(H,14,18). The minimum absolute atomic E-state index is 0.0987. The lowest BCUT2D eigenvalue weighted by molar-refractivity contribution is 0.0941. The molecule has 1 unspecified atom stereocenters. The van der Waals surface area contributed by atoms with Crippen LogP contribution in [0.2, 0.25) is 0 Å². The van der Waals surface area contributed by atoms with Crippen molar-refractivity contribution in [2.75, 3.05) is 20.1 Å². The maximum absolute atomic E-state index is 12.1. The highest BCUT2D eigenvalue weighted by Crippen LogP contribution is 2.13. The molecule has 20 heavy (non-hydrogen) atoms. The minimum Gasteiger partial charge on any atom is -0.350 e. The third-order valence-corrected chi connectivity index (χ3v) is 4.53. The van der Waals surface area contributed by atoms with Crippen LogP contribution >= 0.6 is 11.3 Å². The van der Waals surface area contributed by atoms with Gasteiger partial charge in [-0.25, -0.2) is 4.98 Å². The normalized spacial score (nSPS) is 19.6. The van der Waals surface area contributed by atoms with Gasteiger partial charge in [-0.3, -0.25) is 14.0 Å². The summed E-state index contributed by atoms with van der Waals surface area (Å²) in [5.41, 5.74) is -0.213. The number of aromatic nitrogens is 2. The Hall–Kier alpha value is -1.73. The van der Waals surface area contributed by atoms with Crippen molar-refractivity contribution >= 4 is 22.2 Å². The third-order valence-electron chi connectivity index (χ3n) is 3.76. The molecular weight excluding hydrogens is 276 g/mol. The Labute approximate surface area is 120 Å². The molecule has 1 aliphatic heterocycles. The van der Waals surface area contributed by atoms with Crippen LogP contribution < -0.4 is 10.9 Å². The van der Waals surface area contributed by atoms with Crippen LogP contribution in [-0.4, -0.2) is 46.4 Å². The largest absolute Gasteiger partial charge is 0.350 e. The lowest BCUT2D eigenvalue weighted by Gasteiger charge is -2.19. The lowest BCUT2D eigenvalue weighted by atomic mass is 10.2. The van der Waals surface area contributed by atoms with Crippen LogP contribution in [-0.2, 0) is 0 Å². The van der Waals surface area contributed by atoms with Crippen LogP contribution in [0.25, 0.3) is 4.96 Å².